The van der Waals surface area contributed by atoms with E-state index in [0.29, 0.717) is 19.3 Å². The highest BCUT2D eigenvalue weighted by Gasteiger charge is 2.19. The van der Waals surface area contributed by atoms with Crippen molar-refractivity contribution >= 4 is 11.9 Å². The van der Waals surface area contributed by atoms with E-state index in [4.69, 9.17) is 5.26 Å². The van der Waals surface area contributed by atoms with Crippen molar-refractivity contribution in [1.82, 2.24) is 0 Å². The van der Waals surface area contributed by atoms with Gasteiger partial charge in [0.25, 0.3) is 0 Å². The lowest BCUT2D eigenvalue weighted by Gasteiger charge is -2.14. The average Bonchev–Trinajstić information content (AvgIpc) is 2.16. The highest BCUT2D eigenvalue weighted by atomic mass is 16.5. The van der Waals surface area contributed by atoms with E-state index in [2.05, 4.69) is 4.74 Å². The van der Waals surface area contributed by atoms with Gasteiger partial charge in [-0.15, -0.1) is 0 Å². The largest absolute Gasteiger partial charge is 0.549 e. The van der Waals surface area contributed by atoms with Gasteiger partial charge in [-0.3, -0.25) is 4.79 Å². The number of carboxylic acid groups (broad SMARTS) is 1. The first-order chi connectivity index (χ1) is 6.63. The molecule has 5 nitrogen and oxygen atoms in total. The van der Waals surface area contributed by atoms with Gasteiger partial charge >= 0.3 is 5.97 Å². The van der Waals surface area contributed by atoms with Crippen LogP contribution in [0.3, 0.4) is 0 Å². The number of hydrogen-bond acceptors (Lipinski definition) is 5. The highest BCUT2D eigenvalue weighted by molar-refractivity contribution is 5.92. The Kier molecular flexibility index (Phi) is 6.12. The number of ether oxygens (including phenoxy) is 1. The third-order valence-corrected chi connectivity index (χ3v) is 1.80. The molecule has 0 radical (unpaired) electrons. The minimum Gasteiger partial charge on any atom is -0.549 e. The molecule has 0 N–H and O–H groups in total. The molecule has 0 aliphatic heterocycles. The highest BCUT2D eigenvalue weighted by Crippen LogP contribution is 2.10. The van der Waals surface area contributed by atoms with Crippen LogP contribution < -0.4 is 5.11 Å². The molecule has 0 saturated heterocycles. The van der Waals surface area contributed by atoms with E-state index in [1.807, 2.05) is 6.07 Å². The van der Waals surface area contributed by atoms with Crippen molar-refractivity contribution < 1.29 is 19.4 Å². The van der Waals surface area contributed by atoms with Crippen LogP contribution in [0.15, 0.2) is 0 Å². The van der Waals surface area contributed by atoms with Gasteiger partial charge in [0.05, 0.1) is 25.1 Å². The average molecular weight is 198 g/mol. The molecule has 0 aliphatic carbocycles. The summed E-state index contributed by atoms with van der Waals surface area (Å²) >= 11 is 0. The Morgan fingerprint density at radius 2 is 2.14 bits per heavy atom. The van der Waals surface area contributed by atoms with E-state index in [-0.39, 0.29) is 6.42 Å². The van der Waals surface area contributed by atoms with Gasteiger partial charge < -0.3 is 14.6 Å². The minimum atomic E-state index is -1.42. The molecule has 5 heteroatoms. The first-order valence-electron chi connectivity index (χ1n) is 4.29. The number of esters is 1. The number of carbonyl (C=O) groups is 2. The predicted octanol–water partition coefficient (Wildman–Crippen LogP) is -0.391. The van der Waals surface area contributed by atoms with Crippen molar-refractivity contribution in [2.45, 2.75) is 25.7 Å². The molecule has 78 valence electrons. The van der Waals surface area contributed by atoms with Gasteiger partial charge in [0.15, 0.2) is 0 Å². The number of rotatable bonds is 6. The summed E-state index contributed by atoms with van der Waals surface area (Å²) in [6.07, 6.45) is 1.61. The number of carbonyl (C=O) groups excluding carboxylic acids is 2. The fourth-order valence-corrected chi connectivity index (χ4v) is 1.03. The topological polar surface area (TPSA) is 90.2 Å². The number of carboxylic acids is 1. The summed E-state index contributed by atoms with van der Waals surface area (Å²) in [5.74, 6) is -3.42. The lowest BCUT2D eigenvalue weighted by molar-refractivity contribution is -0.310. The third-order valence-electron chi connectivity index (χ3n) is 1.80. The third kappa shape index (κ3) is 4.45. The number of nitrogens with zero attached hydrogens (tertiary/aromatic N) is 1. The standard InChI is InChI=1S/C9H13NO4/c1-14-9(13)7(8(11)12)5-3-2-4-6-10/h7H,2-5H2,1H3,(H,11,12)/p-1. The molecular weight excluding hydrogens is 186 g/mol. The zero-order valence-corrected chi connectivity index (χ0v) is 7.99. The summed E-state index contributed by atoms with van der Waals surface area (Å²) in [6, 6.07) is 1.93. The summed E-state index contributed by atoms with van der Waals surface area (Å²) in [5.41, 5.74) is 0. The van der Waals surface area contributed by atoms with E-state index >= 15 is 0 Å². The molecule has 0 heterocycles. The molecule has 0 saturated carbocycles. The lowest BCUT2D eigenvalue weighted by Crippen LogP contribution is -2.37. The van der Waals surface area contributed by atoms with E-state index in [9.17, 15) is 14.7 Å². The Labute approximate surface area is 82.3 Å². The Hall–Kier alpha value is -1.57. The SMILES string of the molecule is COC(=O)C(CCCCC#N)C(=O)[O-]. The minimum absolute atomic E-state index is 0.163. The van der Waals surface area contributed by atoms with E-state index in [1.54, 1.807) is 0 Å². The van der Waals surface area contributed by atoms with Crippen LogP contribution in [0.1, 0.15) is 25.7 Å². The molecule has 0 bridgehead atoms. The van der Waals surface area contributed by atoms with Gasteiger partial charge in [0.2, 0.25) is 0 Å². The number of nitriles is 1. The second kappa shape index (κ2) is 6.89. The smallest absolute Gasteiger partial charge is 0.314 e. The van der Waals surface area contributed by atoms with Gasteiger partial charge in [0.1, 0.15) is 0 Å². The molecule has 0 rings (SSSR count). The van der Waals surface area contributed by atoms with Crippen molar-refractivity contribution in [3.05, 3.63) is 0 Å². The van der Waals surface area contributed by atoms with Crippen LogP contribution in [0.4, 0.5) is 0 Å². The maximum atomic E-state index is 10.9. The van der Waals surface area contributed by atoms with Crippen LogP contribution in [0, 0.1) is 17.2 Å². The number of methoxy groups -OCH3 is 1. The van der Waals surface area contributed by atoms with Crippen molar-refractivity contribution in [3.63, 3.8) is 0 Å². The summed E-state index contributed by atoms with van der Waals surface area (Å²) in [4.78, 5) is 21.4. The summed E-state index contributed by atoms with van der Waals surface area (Å²) in [7, 11) is 1.13. The predicted molar refractivity (Wildman–Crippen MR) is 44.6 cm³/mol. The van der Waals surface area contributed by atoms with E-state index in [0.717, 1.165) is 7.11 Å². The lowest BCUT2D eigenvalue weighted by atomic mass is 10.0. The van der Waals surface area contributed by atoms with Crippen LogP contribution in [0.2, 0.25) is 0 Å². The second-order valence-electron chi connectivity index (χ2n) is 2.80. The van der Waals surface area contributed by atoms with Crippen molar-refractivity contribution in [3.8, 4) is 6.07 Å². The fourth-order valence-electron chi connectivity index (χ4n) is 1.03. The van der Waals surface area contributed by atoms with Gasteiger partial charge in [0, 0.05) is 6.42 Å². The van der Waals surface area contributed by atoms with Crippen molar-refractivity contribution in [2.75, 3.05) is 7.11 Å². The van der Waals surface area contributed by atoms with Crippen molar-refractivity contribution in [1.29, 1.82) is 5.26 Å². The van der Waals surface area contributed by atoms with Gasteiger partial charge in [-0.25, -0.2) is 0 Å². The van der Waals surface area contributed by atoms with Gasteiger partial charge in [-0.1, -0.05) is 6.42 Å². The Morgan fingerprint density at radius 3 is 2.57 bits per heavy atom. The van der Waals surface area contributed by atoms with Crippen LogP contribution in [-0.2, 0) is 14.3 Å². The Balaban J connectivity index is 3.93. The maximum Gasteiger partial charge on any atom is 0.314 e. The molecular formula is C9H12NO4-. The number of aliphatic carboxylic acids is 1. The van der Waals surface area contributed by atoms with Crippen LogP contribution in [0.5, 0.6) is 0 Å². The molecule has 0 amide bonds. The normalized spacial score (nSPS) is 11.4. The van der Waals surface area contributed by atoms with Crippen LogP contribution in [-0.4, -0.2) is 19.0 Å². The molecule has 0 aromatic carbocycles. The fraction of sp³-hybridized carbons (Fsp3) is 0.667. The van der Waals surface area contributed by atoms with Gasteiger partial charge in [-0.05, 0) is 12.8 Å². The molecule has 0 spiro atoms. The summed E-state index contributed by atoms with van der Waals surface area (Å²) < 4.78 is 4.31. The van der Waals surface area contributed by atoms with Gasteiger partial charge in [-0.2, -0.15) is 5.26 Å². The number of unbranched alkanes of at least 4 members (excludes halogenated alkanes) is 2. The van der Waals surface area contributed by atoms with Crippen molar-refractivity contribution in [2.24, 2.45) is 5.92 Å². The van der Waals surface area contributed by atoms with Crippen LogP contribution in [0.25, 0.3) is 0 Å². The second-order valence-corrected chi connectivity index (χ2v) is 2.80. The summed E-state index contributed by atoms with van der Waals surface area (Å²) in [5, 5.41) is 18.7. The van der Waals surface area contributed by atoms with E-state index in [1.165, 1.54) is 0 Å². The molecule has 0 fully saturated rings. The molecule has 14 heavy (non-hydrogen) atoms. The Morgan fingerprint density at radius 1 is 1.50 bits per heavy atom. The molecule has 0 aromatic heterocycles. The Bertz CT molecular complexity index is 244. The number of hydrogen-bond donors (Lipinski definition) is 0. The quantitative estimate of drug-likeness (QED) is 0.329. The maximum absolute atomic E-state index is 10.9. The first kappa shape index (κ1) is 12.4. The monoisotopic (exact) mass is 198 g/mol. The molecule has 0 aromatic rings. The first-order valence-corrected chi connectivity index (χ1v) is 4.29. The molecule has 1 atom stereocenters. The molecule has 1 unspecified atom stereocenters. The zero-order valence-electron chi connectivity index (χ0n) is 7.99. The van der Waals surface area contributed by atoms with Crippen LogP contribution >= 0.6 is 0 Å². The summed E-state index contributed by atoms with van der Waals surface area (Å²) in [6.45, 7) is 0. The molecule has 0 aliphatic rings. The van der Waals surface area contributed by atoms with E-state index < -0.39 is 17.9 Å². The zero-order chi connectivity index (χ0) is 11.0.